The van der Waals surface area contributed by atoms with Crippen molar-refractivity contribution >= 4 is 5.91 Å². The van der Waals surface area contributed by atoms with Gasteiger partial charge in [-0.3, -0.25) is 9.69 Å². The van der Waals surface area contributed by atoms with Crippen LogP contribution in [0.25, 0.3) is 0 Å². The van der Waals surface area contributed by atoms with E-state index in [0.717, 1.165) is 25.2 Å². The van der Waals surface area contributed by atoms with Crippen molar-refractivity contribution in [2.24, 2.45) is 0 Å². The second kappa shape index (κ2) is 6.70. The van der Waals surface area contributed by atoms with Crippen molar-refractivity contribution in [1.82, 2.24) is 10.2 Å². The van der Waals surface area contributed by atoms with Crippen LogP contribution in [0.4, 0.5) is 4.39 Å². The summed E-state index contributed by atoms with van der Waals surface area (Å²) in [5.41, 5.74) is -0.0177. The van der Waals surface area contributed by atoms with Gasteiger partial charge < -0.3 is 10.4 Å². The van der Waals surface area contributed by atoms with Gasteiger partial charge in [-0.2, -0.15) is 0 Å². The summed E-state index contributed by atoms with van der Waals surface area (Å²) in [5, 5.41) is 12.3. The fourth-order valence-electron chi connectivity index (χ4n) is 2.51. The third kappa shape index (κ3) is 3.70. The van der Waals surface area contributed by atoms with Crippen LogP contribution in [-0.2, 0) is 0 Å². The molecular formula is C15H21FN2O2. The number of benzene rings is 1. The van der Waals surface area contributed by atoms with Gasteiger partial charge in [-0.15, -0.1) is 0 Å². The molecule has 110 valence electrons. The molecule has 0 spiro atoms. The molecule has 1 atom stereocenters. The Hall–Kier alpha value is -1.62. The molecule has 0 aliphatic carbocycles. The summed E-state index contributed by atoms with van der Waals surface area (Å²) in [6.07, 6.45) is 3.67. The van der Waals surface area contributed by atoms with Crippen LogP contribution in [0.2, 0.25) is 0 Å². The highest BCUT2D eigenvalue weighted by Crippen LogP contribution is 2.17. The lowest BCUT2D eigenvalue weighted by molar-refractivity contribution is 0.0927. The highest BCUT2D eigenvalue weighted by molar-refractivity contribution is 5.96. The van der Waals surface area contributed by atoms with Crippen LogP contribution in [0.5, 0.6) is 5.75 Å². The van der Waals surface area contributed by atoms with E-state index in [-0.39, 0.29) is 17.4 Å². The van der Waals surface area contributed by atoms with Gasteiger partial charge in [-0.05, 0) is 51.1 Å². The van der Waals surface area contributed by atoms with E-state index >= 15 is 0 Å². The predicted octanol–water partition coefficient (Wildman–Crippen LogP) is 2.14. The Morgan fingerprint density at radius 1 is 1.40 bits per heavy atom. The number of aromatic hydroxyl groups is 1. The summed E-state index contributed by atoms with van der Waals surface area (Å²) in [6.45, 7) is 4.68. The summed E-state index contributed by atoms with van der Waals surface area (Å²) < 4.78 is 13.1. The van der Waals surface area contributed by atoms with Crippen LogP contribution in [0.15, 0.2) is 18.2 Å². The molecule has 0 aromatic heterocycles. The van der Waals surface area contributed by atoms with Crippen LogP contribution < -0.4 is 5.32 Å². The van der Waals surface area contributed by atoms with E-state index in [1.165, 1.54) is 25.3 Å². The Bertz CT molecular complexity index is 473. The SMILES string of the molecule is CC(CNC(=O)c1cc(F)ccc1O)N1CCCCC1. The molecule has 2 rings (SSSR count). The van der Waals surface area contributed by atoms with Crippen LogP contribution in [0.1, 0.15) is 36.5 Å². The molecule has 0 saturated carbocycles. The molecule has 0 bridgehead atoms. The van der Waals surface area contributed by atoms with E-state index < -0.39 is 11.7 Å². The quantitative estimate of drug-likeness (QED) is 0.888. The smallest absolute Gasteiger partial charge is 0.255 e. The Kier molecular flexibility index (Phi) is 4.95. The van der Waals surface area contributed by atoms with E-state index in [1.807, 2.05) is 0 Å². The van der Waals surface area contributed by atoms with Crippen molar-refractivity contribution in [3.63, 3.8) is 0 Å². The average molecular weight is 280 g/mol. The molecule has 1 amide bonds. The Morgan fingerprint density at radius 2 is 2.10 bits per heavy atom. The molecule has 1 unspecified atom stereocenters. The molecule has 4 nitrogen and oxygen atoms in total. The van der Waals surface area contributed by atoms with Crippen molar-refractivity contribution in [3.05, 3.63) is 29.6 Å². The van der Waals surface area contributed by atoms with E-state index in [1.54, 1.807) is 0 Å². The van der Waals surface area contributed by atoms with Crippen molar-refractivity contribution in [1.29, 1.82) is 0 Å². The Balaban J connectivity index is 1.89. The summed E-state index contributed by atoms with van der Waals surface area (Å²) >= 11 is 0. The third-order valence-corrected chi connectivity index (χ3v) is 3.78. The van der Waals surface area contributed by atoms with Gasteiger partial charge in [0, 0.05) is 12.6 Å². The lowest BCUT2D eigenvalue weighted by Gasteiger charge is -2.32. The number of phenolic OH excluding ortho intramolecular Hbond substituents is 1. The largest absolute Gasteiger partial charge is 0.507 e. The van der Waals surface area contributed by atoms with Gasteiger partial charge in [0.25, 0.3) is 5.91 Å². The third-order valence-electron chi connectivity index (χ3n) is 3.78. The van der Waals surface area contributed by atoms with Gasteiger partial charge in [0.2, 0.25) is 0 Å². The van der Waals surface area contributed by atoms with Crippen molar-refractivity contribution in [2.75, 3.05) is 19.6 Å². The fraction of sp³-hybridized carbons (Fsp3) is 0.533. The van der Waals surface area contributed by atoms with Crippen molar-refractivity contribution in [2.45, 2.75) is 32.2 Å². The zero-order valence-corrected chi connectivity index (χ0v) is 11.7. The summed E-state index contributed by atoms with van der Waals surface area (Å²) in [4.78, 5) is 14.3. The molecule has 2 N–H and O–H groups in total. The zero-order chi connectivity index (χ0) is 14.5. The summed E-state index contributed by atoms with van der Waals surface area (Å²) in [6, 6.07) is 3.62. The molecular weight excluding hydrogens is 259 g/mol. The van der Waals surface area contributed by atoms with Crippen LogP contribution in [0.3, 0.4) is 0 Å². The van der Waals surface area contributed by atoms with Crippen molar-refractivity contribution < 1.29 is 14.3 Å². The topological polar surface area (TPSA) is 52.6 Å². The molecule has 0 radical (unpaired) electrons. The number of carbonyl (C=O) groups is 1. The second-order valence-electron chi connectivity index (χ2n) is 5.32. The van der Waals surface area contributed by atoms with E-state index in [9.17, 15) is 14.3 Å². The molecule has 1 saturated heterocycles. The number of halogens is 1. The van der Waals surface area contributed by atoms with Gasteiger partial charge in [-0.25, -0.2) is 4.39 Å². The molecule has 1 heterocycles. The second-order valence-corrected chi connectivity index (χ2v) is 5.32. The van der Waals surface area contributed by atoms with Crippen molar-refractivity contribution in [3.8, 4) is 5.75 Å². The van der Waals surface area contributed by atoms with Crippen LogP contribution in [0, 0.1) is 5.82 Å². The Morgan fingerprint density at radius 3 is 2.80 bits per heavy atom. The first-order valence-corrected chi connectivity index (χ1v) is 7.08. The van der Waals surface area contributed by atoms with Crippen LogP contribution >= 0.6 is 0 Å². The zero-order valence-electron chi connectivity index (χ0n) is 11.7. The monoisotopic (exact) mass is 280 g/mol. The lowest BCUT2D eigenvalue weighted by atomic mass is 10.1. The first-order chi connectivity index (χ1) is 9.58. The van der Waals surface area contributed by atoms with Gasteiger partial charge in [0.15, 0.2) is 0 Å². The van der Waals surface area contributed by atoms with Crippen LogP contribution in [-0.4, -0.2) is 41.6 Å². The maximum absolute atomic E-state index is 13.1. The molecule has 1 aromatic rings. The number of nitrogens with zero attached hydrogens (tertiary/aromatic N) is 1. The van der Waals surface area contributed by atoms with Gasteiger partial charge in [-0.1, -0.05) is 6.42 Å². The minimum Gasteiger partial charge on any atom is -0.507 e. The number of rotatable bonds is 4. The van der Waals surface area contributed by atoms with Gasteiger partial charge in [0.1, 0.15) is 11.6 Å². The minimum atomic E-state index is -0.531. The lowest BCUT2D eigenvalue weighted by Crippen LogP contribution is -2.44. The molecule has 20 heavy (non-hydrogen) atoms. The average Bonchev–Trinajstić information content (AvgIpc) is 2.47. The molecule has 1 aliphatic heterocycles. The van der Waals surface area contributed by atoms with Gasteiger partial charge >= 0.3 is 0 Å². The highest BCUT2D eigenvalue weighted by atomic mass is 19.1. The first-order valence-electron chi connectivity index (χ1n) is 7.08. The maximum Gasteiger partial charge on any atom is 0.255 e. The normalized spacial score (nSPS) is 17.7. The number of piperidine rings is 1. The molecule has 5 heteroatoms. The number of hydrogen-bond acceptors (Lipinski definition) is 3. The standard InChI is InChI=1S/C15H21FN2O2/c1-11(18-7-3-2-4-8-18)10-17-15(20)13-9-12(16)5-6-14(13)19/h5-6,9,11,19H,2-4,7-8,10H2,1H3,(H,17,20). The first kappa shape index (κ1) is 14.8. The number of hydrogen-bond donors (Lipinski definition) is 2. The van der Waals surface area contributed by atoms with E-state index in [4.69, 9.17) is 0 Å². The number of phenols is 1. The fourth-order valence-corrected chi connectivity index (χ4v) is 2.51. The van der Waals surface area contributed by atoms with E-state index in [2.05, 4.69) is 17.1 Å². The molecule has 1 aliphatic rings. The highest BCUT2D eigenvalue weighted by Gasteiger charge is 2.18. The Labute approximate surface area is 118 Å². The predicted molar refractivity (Wildman–Crippen MR) is 75.3 cm³/mol. The summed E-state index contributed by atoms with van der Waals surface area (Å²) in [7, 11) is 0. The van der Waals surface area contributed by atoms with E-state index in [0.29, 0.717) is 6.54 Å². The minimum absolute atomic E-state index is 0.0177. The maximum atomic E-state index is 13.1. The number of nitrogens with one attached hydrogen (secondary N) is 1. The van der Waals surface area contributed by atoms with Gasteiger partial charge in [0.05, 0.1) is 5.56 Å². The molecule has 1 aromatic carbocycles. The molecule has 1 fully saturated rings. The summed E-state index contributed by atoms with van der Waals surface area (Å²) in [5.74, 6) is -1.17. The number of carbonyl (C=O) groups excluding carboxylic acids is 1. The number of amides is 1. The number of likely N-dealkylation sites (tertiary alicyclic amines) is 1.